The molecule has 94 valence electrons. The second-order valence-corrected chi connectivity index (χ2v) is 4.19. The normalized spacial score (nSPS) is 10.9. The molecule has 0 aliphatic heterocycles. The Morgan fingerprint density at radius 2 is 2.11 bits per heavy atom. The first-order valence-corrected chi connectivity index (χ1v) is 5.43. The van der Waals surface area contributed by atoms with Crippen molar-refractivity contribution in [1.29, 1.82) is 0 Å². The summed E-state index contributed by atoms with van der Waals surface area (Å²) in [6.45, 7) is 3.82. The molecule has 2 aromatic rings. The van der Waals surface area contributed by atoms with Crippen molar-refractivity contribution in [2.45, 2.75) is 19.9 Å². The van der Waals surface area contributed by atoms with E-state index in [1.54, 1.807) is 4.68 Å². The van der Waals surface area contributed by atoms with Crippen LogP contribution in [0.2, 0.25) is 0 Å². The van der Waals surface area contributed by atoms with E-state index < -0.39 is 11.8 Å². The Morgan fingerprint density at radius 1 is 1.39 bits per heavy atom. The fraction of sp³-hybridized carbons (Fsp3) is 0.250. The van der Waals surface area contributed by atoms with E-state index in [1.807, 2.05) is 13.8 Å². The van der Waals surface area contributed by atoms with Crippen LogP contribution in [-0.2, 0) is 0 Å². The molecule has 18 heavy (non-hydrogen) atoms. The van der Waals surface area contributed by atoms with Gasteiger partial charge in [-0.25, -0.2) is 13.9 Å². The minimum Gasteiger partial charge on any atom is -0.478 e. The Balaban J connectivity index is 2.57. The summed E-state index contributed by atoms with van der Waals surface area (Å²) in [6, 6.07) is 3.71. The molecule has 0 unspecified atom stereocenters. The lowest BCUT2D eigenvalue weighted by molar-refractivity contribution is 0.0696. The zero-order valence-corrected chi connectivity index (χ0v) is 9.96. The maximum atomic E-state index is 13.4. The van der Waals surface area contributed by atoms with E-state index in [0.717, 1.165) is 6.07 Å². The lowest BCUT2D eigenvalue weighted by Gasteiger charge is -2.10. The number of carbonyl (C=O) groups is 1. The fourth-order valence-corrected chi connectivity index (χ4v) is 1.69. The van der Waals surface area contributed by atoms with E-state index in [0.29, 0.717) is 11.3 Å². The third-order valence-electron chi connectivity index (χ3n) is 2.50. The molecule has 0 aliphatic rings. The molecule has 0 atom stereocenters. The number of aromatic carboxylic acids is 1. The number of hydrogen-bond acceptors (Lipinski definition) is 3. The first-order chi connectivity index (χ1) is 8.49. The Bertz CT molecular complexity index is 593. The first-order valence-electron chi connectivity index (χ1n) is 5.43. The molecule has 0 amide bonds. The summed E-state index contributed by atoms with van der Waals surface area (Å²) in [5, 5.41) is 16.6. The monoisotopic (exact) mass is 249 g/mol. The summed E-state index contributed by atoms with van der Waals surface area (Å²) < 4.78 is 15.0. The highest BCUT2D eigenvalue weighted by atomic mass is 19.1. The van der Waals surface area contributed by atoms with Crippen molar-refractivity contribution in [2.24, 2.45) is 0 Å². The molecule has 0 radical (unpaired) electrons. The van der Waals surface area contributed by atoms with Crippen molar-refractivity contribution < 1.29 is 14.3 Å². The molecule has 2 rings (SSSR count). The van der Waals surface area contributed by atoms with Gasteiger partial charge < -0.3 is 5.11 Å². The lowest BCUT2D eigenvalue weighted by Crippen LogP contribution is -2.06. The maximum absolute atomic E-state index is 13.4. The topological polar surface area (TPSA) is 68.0 Å². The minimum absolute atomic E-state index is 0.0547. The van der Waals surface area contributed by atoms with E-state index in [4.69, 9.17) is 5.11 Å². The summed E-state index contributed by atoms with van der Waals surface area (Å²) in [6.07, 6.45) is 1.49. The summed E-state index contributed by atoms with van der Waals surface area (Å²) in [7, 11) is 0. The van der Waals surface area contributed by atoms with E-state index in [1.165, 1.54) is 18.3 Å². The average Bonchev–Trinajstić information content (AvgIpc) is 2.76. The molecule has 1 heterocycles. The van der Waals surface area contributed by atoms with Crippen molar-refractivity contribution in [1.82, 2.24) is 15.0 Å². The van der Waals surface area contributed by atoms with Gasteiger partial charge in [0.05, 0.1) is 17.5 Å². The predicted octanol–water partition coefficient (Wildman–Crippen LogP) is 2.36. The van der Waals surface area contributed by atoms with Crippen molar-refractivity contribution in [2.75, 3.05) is 0 Å². The Labute approximate surface area is 103 Å². The SMILES string of the molecule is CC(C)n1nncc1-c1cc(F)cc(C(=O)O)c1. The molecule has 0 saturated heterocycles. The second-order valence-electron chi connectivity index (χ2n) is 4.19. The standard InChI is InChI=1S/C12H12FN3O2/c1-7(2)16-11(6-14-15-16)8-3-9(12(17)18)5-10(13)4-8/h3-7H,1-2H3,(H,17,18). The minimum atomic E-state index is -1.17. The molecule has 1 aromatic heterocycles. The van der Waals surface area contributed by atoms with Crippen LogP contribution < -0.4 is 0 Å². The summed E-state index contributed by atoms with van der Waals surface area (Å²) in [4.78, 5) is 10.9. The van der Waals surface area contributed by atoms with E-state index in [9.17, 15) is 9.18 Å². The number of carboxylic acid groups (broad SMARTS) is 1. The van der Waals surface area contributed by atoms with E-state index >= 15 is 0 Å². The van der Waals surface area contributed by atoms with Gasteiger partial charge in [-0.15, -0.1) is 5.10 Å². The summed E-state index contributed by atoms with van der Waals surface area (Å²) in [5.41, 5.74) is 0.944. The van der Waals surface area contributed by atoms with Gasteiger partial charge in [0.1, 0.15) is 5.82 Å². The summed E-state index contributed by atoms with van der Waals surface area (Å²) >= 11 is 0. The Morgan fingerprint density at radius 3 is 2.72 bits per heavy atom. The zero-order valence-electron chi connectivity index (χ0n) is 9.96. The van der Waals surface area contributed by atoms with E-state index in [2.05, 4.69) is 10.3 Å². The first kappa shape index (κ1) is 12.2. The highest BCUT2D eigenvalue weighted by molar-refractivity contribution is 5.89. The summed E-state index contributed by atoms with van der Waals surface area (Å²) in [5.74, 6) is -1.76. The molecule has 0 aliphatic carbocycles. The molecule has 6 heteroatoms. The molecular weight excluding hydrogens is 237 g/mol. The van der Waals surface area contributed by atoms with Gasteiger partial charge in [0, 0.05) is 11.6 Å². The number of hydrogen-bond donors (Lipinski definition) is 1. The smallest absolute Gasteiger partial charge is 0.335 e. The van der Waals surface area contributed by atoms with E-state index in [-0.39, 0.29) is 11.6 Å². The van der Waals surface area contributed by atoms with Crippen LogP contribution in [0, 0.1) is 5.82 Å². The molecule has 1 aromatic carbocycles. The van der Waals surface area contributed by atoms with Gasteiger partial charge in [-0.2, -0.15) is 0 Å². The van der Waals surface area contributed by atoms with Crippen LogP contribution in [0.15, 0.2) is 24.4 Å². The molecule has 5 nitrogen and oxygen atoms in total. The molecule has 0 spiro atoms. The molecule has 0 fully saturated rings. The molecule has 0 saturated carbocycles. The van der Waals surface area contributed by atoms with Gasteiger partial charge >= 0.3 is 5.97 Å². The quantitative estimate of drug-likeness (QED) is 0.906. The fourth-order valence-electron chi connectivity index (χ4n) is 1.69. The molecular formula is C12H12FN3O2. The van der Waals surface area contributed by atoms with Crippen molar-refractivity contribution in [3.8, 4) is 11.3 Å². The molecule has 0 bridgehead atoms. The average molecular weight is 249 g/mol. The number of nitrogens with zero attached hydrogens (tertiary/aromatic N) is 3. The zero-order chi connectivity index (χ0) is 13.3. The van der Waals surface area contributed by atoms with Crippen LogP contribution in [0.1, 0.15) is 30.2 Å². The highest BCUT2D eigenvalue weighted by Crippen LogP contribution is 2.23. The van der Waals surface area contributed by atoms with Crippen molar-refractivity contribution in [3.63, 3.8) is 0 Å². The van der Waals surface area contributed by atoms with Gasteiger partial charge in [0.25, 0.3) is 0 Å². The van der Waals surface area contributed by atoms with Crippen LogP contribution in [0.5, 0.6) is 0 Å². The third-order valence-corrected chi connectivity index (χ3v) is 2.50. The second kappa shape index (κ2) is 4.56. The van der Waals surface area contributed by atoms with Gasteiger partial charge in [0.15, 0.2) is 0 Å². The van der Waals surface area contributed by atoms with Gasteiger partial charge in [-0.3, -0.25) is 0 Å². The van der Waals surface area contributed by atoms with Crippen LogP contribution in [-0.4, -0.2) is 26.1 Å². The maximum Gasteiger partial charge on any atom is 0.335 e. The van der Waals surface area contributed by atoms with Crippen molar-refractivity contribution >= 4 is 5.97 Å². The number of benzene rings is 1. The third kappa shape index (κ3) is 2.22. The number of aromatic nitrogens is 3. The van der Waals surface area contributed by atoms with Crippen LogP contribution in [0.3, 0.4) is 0 Å². The van der Waals surface area contributed by atoms with Crippen molar-refractivity contribution in [3.05, 3.63) is 35.8 Å². The van der Waals surface area contributed by atoms with Gasteiger partial charge in [-0.05, 0) is 32.0 Å². The molecule has 1 N–H and O–H groups in total. The van der Waals surface area contributed by atoms with Gasteiger partial charge in [0.2, 0.25) is 0 Å². The number of rotatable bonds is 3. The van der Waals surface area contributed by atoms with Crippen LogP contribution in [0.4, 0.5) is 4.39 Å². The number of halogens is 1. The Hall–Kier alpha value is -2.24. The van der Waals surface area contributed by atoms with Crippen LogP contribution >= 0.6 is 0 Å². The van der Waals surface area contributed by atoms with Gasteiger partial charge in [-0.1, -0.05) is 5.21 Å². The Kier molecular flexibility index (Phi) is 3.10. The lowest BCUT2D eigenvalue weighted by atomic mass is 10.1. The largest absolute Gasteiger partial charge is 0.478 e. The predicted molar refractivity (Wildman–Crippen MR) is 62.8 cm³/mol. The highest BCUT2D eigenvalue weighted by Gasteiger charge is 2.13. The number of carboxylic acids is 1. The van der Waals surface area contributed by atoms with Crippen LogP contribution in [0.25, 0.3) is 11.3 Å².